The lowest BCUT2D eigenvalue weighted by molar-refractivity contribution is -0.122. The van der Waals surface area contributed by atoms with E-state index in [1.807, 2.05) is 19.1 Å². The maximum absolute atomic E-state index is 11.2. The van der Waals surface area contributed by atoms with Crippen molar-refractivity contribution in [1.29, 1.82) is 0 Å². The maximum Gasteiger partial charge on any atom is 0.239 e. The van der Waals surface area contributed by atoms with Gasteiger partial charge in [-0.25, -0.2) is 0 Å². The molecule has 88 valence electrons. The Balaban J connectivity index is 2.25. The number of nitrogens with zero attached hydrogens (tertiary/aromatic N) is 1. The summed E-state index contributed by atoms with van der Waals surface area (Å²) in [7, 11) is 0. The van der Waals surface area contributed by atoms with Gasteiger partial charge in [0.25, 0.3) is 0 Å². The number of carbonyl (C=O) groups excluding carboxylic acids is 1. The fourth-order valence-electron chi connectivity index (χ4n) is 2.39. The van der Waals surface area contributed by atoms with Crippen molar-refractivity contribution in [1.82, 2.24) is 4.90 Å². The van der Waals surface area contributed by atoms with Crippen LogP contribution in [0.15, 0.2) is 23.4 Å². The monoisotopic (exact) mass is 240 g/mol. The lowest BCUT2D eigenvalue weighted by Crippen LogP contribution is -2.44. The fourth-order valence-corrected chi connectivity index (χ4v) is 2.65. The number of hydrogen-bond acceptors (Lipinski definition) is 2. The first-order valence-electron chi connectivity index (χ1n) is 5.70. The fraction of sp³-hybridized carbons (Fsp3) is 0.583. The zero-order valence-electron chi connectivity index (χ0n) is 9.45. The molecule has 0 aromatic heterocycles. The Labute approximate surface area is 101 Å². The van der Waals surface area contributed by atoms with Gasteiger partial charge in [-0.15, -0.1) is 11.6 Å². The topological polar surface area (TPSA) is 46.3 Å². The van der Waals surface area contributed by atoms with Gasteiger partial charge in [-0.1, -0.05) is 6.08 Å². The van der Waals surface area contributed by atoms with Crippen molar-refractivity contribution in [3.8, 4) is 0 Å². The van der Waals surface area contributed by atoms with Gasteiger partial charge in [0.05, 0.1) is 5.38 Å². The summed E-state index contributed by atoms with van der Waals surface area (Å²) in [5.74, 6) is -0.268. The minimum Gasteiger partial charge on any atom is -0.368 e. The van der Waals surface area contributed by atoms with Crippen LogP contribution in [-0.4, -0.2) is 28.8 Å². The number of primary amides is 1. The smallest absolute Gasteiger partial charge is 0.239 e. The Kier molecular flexibility index (Phi) is 3.24. The third-order valence-electron chi connectivity index (χ3n) is 3.33. The van der Waals surface area contributed by atoms with Gasteiger partial charge in [0.1, 0.15) is 6.04 Å². The van der Waals surface area contributed by atoms with E-state index >= 15 is 0 Å². The molecule has 1 heterocycles. The van der Waals surface area contributed by atoms with Crippen molar-refractivity contribution in [2.75, 3.05) is 6.54 Å². The Morgan fingerprint density at radius 1 is 1.69 bits per heavy atom. The first-order valence-corrected chi connectivity index (χ1v) is 6.13. The summed E-state index contributed by atoms with van der Waals surface area (Å²) in [6, 6.07) is -0.234. The van der Waals surface area contributed by atoms with E-state index in [-0.39, 0.29) is 17.3 Å². The van der Waals surface area contributed by atoms with E-state index in [1.54, 1.807) is 0 Å². The number of carbonyl (C=O) groups is 1. The first kappa shape index (κ1) is 11.5. The highest BCUT2D eigenvalue weighted by Gasteiger charge is 2.27. The van der Waals surface area contributed by atoms with Gasteiger partial charge >= 0.3 is 0 Å². The lowest BCUT2D eigenvalue weighted by atomic mass is 9.92. The molecule has 2 rings (SSSR count). The second-order valence-electron chi connectivity index (χ2n) is 4.44. The molecule has 1 aliphatic heterocycles. The van der Waals surface area contributed by atoms with E-state index in [9.17, 15) is 4.79 Å². The highest BCUT2D eigenvalue weighted by atomic mass is 35.5. The van der Waals surface area contributed by atoms with Gasteiger partial charge in [0.2, 0.25) is 5.91 Å². The van der Waals surface area contributed by atoms with E-state index in [4.69, 9.17) is 17.3 Å². The number of alkyl halides is 1. The summed E-state index contributed by atoms with van der Waals surface area (Å²) in [5, 5.41) is 0.0996. The number of halogens is 1. The zero-order valence-corrected chi connectivity index (χ0v) is 10.2. The molecule has 4 heteroatoms. The molecule has 0 aromatic rings. The van der Waals surface area contributed by atoms with Gasteiger partial charge in [-0.05, 0) is 37.8 Å². The van der Waals surface area contributed by atoms with Crippen LogP contribution >= 0.6 is 11.6 Å². The summed E-state index contributed by atoms with van der Waals surface area (Å²) in [6.07, 6.45) is 7.09. The summed E-state index contributed by atoms with van der Waals surface area (Å²) >= 11 is 6.10. The molecule has 0 saturated heterocycles. The number of hydrogen-bond donors (Lipinski definition) is 1. The average Bonchev–Trinajstić information content (AvgIpc) is 2.26. The van der Waals surface area contributed by atoms with Crippen LogP contribution < -0.4 is 5.73 Å². The minimum absolute atomic E-state index is 0.0996. The van der Waals surface area contributed by atoms with Gasteiger partial charge < -0.3 is 10.6 Å². The molecule has 2 aliphatic rings. The predicted octanol–water partition coefficient (Wildman–Crippen LogP) is 1.78. The second-order valence-corrected chi connectivity index (χ2v) is 5.00. The normalized spacial score (nSPS) is 26.6. The Bertz CT molecular complexity index is 362. The van der Waals surface area contributed by atoms with Crippen LogP contribution in [0, 0.1) is 0 Å². The molecule has 2 atom stereocenters. The van der Waals surface area contributed by atoms with Crippen LogP contribution in [0.25, 0.3) is 0 Å². The quantitative estimate of drug-likeness (QED) is 0.748. The van der Waals surface area contributed by atoms with Crippen molar-refractivity contribution in [3.05, 3.63) is 23.4 Å². The van der Waals surface area contributed by atoms with Crippen LogP contribution in [0.5, 0.6) is 0 Å². The summed E-state index contributed by atoms with van der Waals surface area (Å²) in [5.41, 5.74) is 7.89. The summed E-state index contributed by atoms with van der Waals surface area (Å²) in [6.45, 7) is 2.76. The summed E-state index contributed by atoms with van der Waals surface area (Å²) < 4.78 is 0. The van der Waals surface area contributed by atoms with Crippen LogP contribution in [0.3, 0.4) is 0 Å². The van der Waals surface area contributed by atoms with Gasteiger partial charge in [-0.2, -0.15) is 0 Å². The highest BCUT2D eigenvalue weighted by molar-refractivity contribution is 6.22. The molecule has 1 amide bonds. The van der Waals surface area contributed by atoms with Crippen molar-refractivity contribution in [2.45, 2.75) is 37.6 Å². The van der Waals surface area contributed by atoms with E-state index < -0.39 is 0 Å². The molecule has 0 spiro atoms. The molecule has 16 heavy (non-hydrogen) atoms. The molecule has 1 aliphatic carbocycles. The molecule has 0 aromatic carbocycles. The number of allylic oxidation sites excluding steroid dienone is 3. The average molecular weight is 241 g/mol. The Hall–Kier alpha value is -0.960. The zero-order chi connectivity index (χ0) is 11.7. The molecule has 0 fully saturated rings. The van der Waals surface area contributed by atoms with E-state index in [0.29, 0.717) is 0 Å². The predicted molar refractivity (Wildman–Crippen MR) is 65.0 cm³/mol. The number of amides is 1. The first-order chi connectivity index (χ1) is 7.59. The molecule has 0 saturated carbocycles. The Morgan fingerprint density at radius 2 is 2.44 bits per heavy atom. The SMILES string of the molecule is C[C@@H](C(N)=O)N1CCCC2=C1C=CC(Cl)C2. The van der Waals surface area contributed by atoms with Crippen molar-refractivity contribution in [3.63, 3.8) is 0 Å². The van der Waals surface area contributed by atoms with E-state index in [0.717, 1.165) is 31.5 Å². The maximum atomic E-state index is 11.2. The highest BCUT2D eigenvalue weighted by Crippen LogP contribution is 2.32. The number of rotatable bonds is 2. The molecule has 1 unspecified atom stereocenters. The molecule has 0 radical (unpaired) electrons. The minimum atomic E-state index is -0.268. The lowest BCUT2D eigenvalue weighted by Gasteiger charge is -2.37. The van der Waals surface area contributed by atoms with Crippen molar-refractivity contribution < 1.29 is 4.79 Å². The van der Waals surface area contributed by atoms with Crippen molar-refractivity contribution >= 4 is 17.5 Å². The van der Waals surface area contributed by atoms with E-state index in [1.165, 1.54) is 5.57 Å². The molecular weight excluding hydrogens is 224 g/mol. The van der Waals surface area contributed by atoms with Gasteiger partial charge in [-0.3, -0.25) is 4.79 Å². The molecule has 2 N–H and O–H groups in total. The third-order valence-corrected chi connectivity index (χ3v) is 3.63. The molecular formula is C12H17ClN2O. The van der Waals surface area contributed by atoms with Gasteiger partial charge in [0.15, 0.2) is 0 Å². The van der Waals surface area contributed by atoms with Crippen LogP contribution in [0.2, 0.25) is 0 Å². The summed E-state index contributed by atoms with van der Waals surface area (Å²) in [4.78, 5) is 13.3. The largest absolute Gasteiger partial charge is 0.368 e. The third kappa shape index (κ3) is 2.09. The van der Waals surface area contributed by atoms with Crippen LogP contribution in [-0.2, 0) is 4.79 Å². The standard InChI is InChI=1S/C12H17ClN2O/c1-8(12(14)16)15-6-2-3-9-7-10(13)4-5-11(9)15/h4-5,8,10H,2-3,6-7H2,1H3,(H2,14,16)/t8-,10?/m0/s1. The van der Waals surface area contributed by atoms with E-state index in [2.05, 4.69) is 4.90 Å². The second kappa shape index (κ2) is 4.50. The van der Waals surface area contributed by atoms with Crippen molar-refractivity contribution in [2.24, 2.45) is 5.73 Å². The number of nitrogens with two attached hydrogens (primary N) is 1. The Morgan fingerprint density at radius 3 is 3.12 bits per heavy atom. The molecule has 0 bridgehead atoms. The van der Waals surface area contributed by atoms with Gasteiger partial charge in [0, 0.05) is 12.2 Å². The van der Waals surface area contributed by atoms with Crippen LogP contribution in [0.1, 0.15) is 26.2 Å². The van der Waals surface area contributed by atoms with Crippen LogP contribution in [0.4, 0.5) is 0 Å². The molecule has 3 nitrogen and oxygen atoms in total.